The number of rotatable bonds is 4. The fourth-order valence-corrected chi connectivity index (χ4v) is 1.22. The van der Waals surface area contributed by atoms with E-state index in [9.17, 15) is 0 Å². The fourth-order valence-electron chi connectivity index (χ4n) is 1.22. The first-order chi connectivity index (χ1) is 6.85. The van der Waals surface area contributed by atoms with Crippen molar-refractivity contribution in [2.24, 2.45) is 0 Å². The molecule has 0 aromatic heterocycles. The van der Waals surface area contributed by atoms with Gasteiger partial charge in [0.2, 0.25) is 4.91 Å². The Hall–Kier alpha value is -1.47. The number of unbranched alkanes of at least 4 members (excludes halogenated alkanes) is 2. The van der Waals surface area contributed by atoms with E-state index in [1.165, 1.54) is 31.2 Å². The Morgan fingerprint density at radius 1 is 1.07 bits per heavy atom. The lowest BCUT2D eigenvalue weighted by atomic mass is 10.1. The third kappa shape index (κ3) is 7.19. The number of hydrogen-bond acceptors (Lipinski definition) is 2. The van der Waals surface area contributed by atoms with E-state index in [-0.39, 0.29) is 0 Å². The second-order valence-corrected chi connectivity index (χ2v) is 3.05. The lowest BCUT2D eigenvalue weighted by Crippen LogP contribution is -1.83. The Kier molecular flexibility index (Phi) is 8.61. The quantitative estimate of drug-likeness (QED) is 0.416. The Morgan fingerprint density at radius 3 is 2.14 bits per heavy atom. The van der Waals surface area contributed by atoms with Crippen LogP contribution in [0.25, 0.3) is 0 Å². The summed E-state index contributed by atoms with van der Waals surface area (Å²) in [5, 5.41) is 0. The van der Waals surface area contributed by atoms with Gasteiger partial charge in [-0.05, 0) is 18.4 Å². The average Bonchev–Trinajstić information content (AvgIpc) is 2.21. The van der Waals surface area contributed by atoms with Gasteiger partial charge in [0.1, 0.15) is 11.1 Å². The molecule has 0 bridgehead atoms. The van der Waals surface area contributed by atoms with Crippen molar-refractivity contribution in [3.63, 3.8) is 0 Å². The van der Waals surface area contributed by atoms with Crippen molar-refractivity contribution in [2.45, 2.75) is 32.6 Å². The number of benzene rings is 1. The number of nitrogens with zero attached hydrogens (tertiary/aromatic N) is 1. The van der Waals surface area contributed by atoms with Crippen LogP contribution in [0.5, 0.6) is 0 Å². The maximum Gasteiger partial charge on any atom is 0.211 e. The lowest BCUT2D eigenvalue weighted by Gasteiger charge is -1.98. The molecule has 0 radical (unpaired) electrons. The maximum atomic E-state index is 5.50. The van der Waals surface area contributed by atoms with Crippen LogP contribution in [0.15, 0.2) is 30.3 Å². The molecule has 1 aromatic rings. The van der Waals surface area contributed by atoms with Gasteiger partial charge in [-0.15, -0.1) is 0 Å². The van der Waals surface area contributed by atoms with E-state index in [0.29, 0.717) is 0 Å². The van der Waals surface area contributed by atoms with Gasteiger partial charge in [0.25, 0.3) is 0 Å². The van der Waals surface area contributed by atoms with Crippen LogP contribution in [0.4, 0.5) is 0 Å². The highest BCUT2D eigenvalue weighted by Crippen LogP contribution is 2.05. The fraction of sp³-hybridized carbons (Fsp3) is 0.455. The van der Waals surface area contributed by atoms with Gasteiger partial charge >= 0.3 is 0 Å². The normalized spacial score (nSPS) is 8.36. The van der Waals surface area contributed by atoms with Crippen molar-refractivity contribution in [2.75, 3.05) is 0 Å². The first-order valence-corrected chi connectivity index (χ1v) is 4.92. The molecule has 1 rings (SSSR count). The maximum absolute atomic E-state index is 5.50. The van der Waals surface area contributed by atoms with Gasteiger partial charge in [0.15, 0.2) is 0 Å². The summed E-state index contributed by atoms with van der Waals surface area (Å²) in [4.78, 5) is 2.00. The summed E-state index contributed by atoms with van der Waals surface area (Å²) in [6.45, 7) is 2.24. The van der Waals surface area contributed by atoms with Crippen molar-refractivity contribution in [1.82, 2.24) is 4.91 Å². The molecule has 0 spiro atoms. The minimum atomic E-state index is 1.24. The van der Waals surface area contributed by atoms with Crippen LogP contribution in [-0.4, -0.2) is 0 Å². The third-order valence-electron chi connectivity index (χ3n) is 1.91. The van der Waals surface area contributed by atoms with Gasteiger partial charge in [-0.1, -0.05) is 50.1 Å². The number of hydrogen-bond donors (Lipinski definition) is 2. The van der Waals surface area contributed by atoms with Crippen LogP contribution >= 0.6 is 0 Å². The predicted molar refractivity (Wildman–Crippen MR) is 57.2 cm³/mol. The summed E-state index contributed by atoms with van der Waals surface area (Å²) >= 11 is 0. The zero-order chi connectivity index (χ0) is 10.6. The summed E-state index contributed by atoms with van der Waals surface area (Å²) in [6.07, 6.45) is 5.25. The molecule has 2 N–H and O–H groups in total. The van der Waals surface area contributed by atoms with Crippen molar-refractivity contribution in [3.8, 4) is 0 Å². The first-order valence-electron chi connectivity index (χ1n) is 4.92. The van der Waals surface area contributed by atoms with Crippen molar-refractivity contribution < 1.29 is 0 Å². The summed E-state index contributed by atoms with van der Waals surface area (Å²) < 4.78 is 0. The smallest absolute Gasteiger partial charge is 0.0654 e. The van der Waals surface area contributed by atoms with Gasteiger partial charge in [0, 0.05) is 0 Å². The van der Waals surface area contributed by atoms with Gasteiger partial charge in [0.05, 0.1) is 0 Å². The van der Waals surface area contributed by atoms with Gasteiger partial charge in [-0.2, -0.15) is 0 Å². The van der Waals surface area contributed by atoms with Crippen LogP contribution in [0.1, 0.15) is 31.7 Å². The predicted octanol–water partition coefficient (Wildman–Crippen LogP) is 3.53. The molecule has 14 heavy (non-hydrogen) atoms. The highest BCUT2D eigenvalue weighted by atomic mass is 15.0. The molecule has 0 saturated carbocycles. The number of aryl methyl sites for hydroxylation is 1. The molecule has 0 heterocycles. The molecule has 0 aliphatic rings. The van der Waals surface area contributed by atoms with E-state index in [1.54, 1.807) is 0 Å². The molecule has 1 aromatic carbocycles. The van der Waals surface area contributed by atoms with Gasteiger partial charge < -0.3 is 0 Å². The largest absolute Gasteiger partial charge is 0.211 e. The highest BCUT2D eigenvalue weighted by Gasteiger charge is 1.89. The van der Waals surface area contributed by atoms with E-state index in [0.717, 1.165) is 0 Å². The molecule has 76 valence electrons. The van der Waals surface area contributed by atoms with Crippen LogP contribution in [0, 0.1) is 11.1 Å². The molecule has 0 aliphatic heterocycles. The molecule has 0 fully saturated rings. The molecule has 0 aliphatic carbocycles. The van der Waals surface area contributed by atoms with E-state index in [4.69, 9.17) is 11.1 Å². The van der Waals surface area contributed by atoms with Crippen molar-refractivity contribution in [3.05, 3.63) is 35.9 Å². The Balaban J connectivity index is 0.000000500. The lowest BCUT2D eigenvalue weighted by molar-refractivity contribution is 0.717. The Labute approximate surface area is 85.2 Å². The van der Waals surface area contributed by atoms with Crippen LogP contribution in [0.3, 0.4) is 0 Å². The minimum absolute atomic E-state index is 1.24. The monoisotopic (exact) mass is 192 g/mol. The molecule has 3 nitrogen and oxygen atoms in total. The van der Waals surface area contributed by atoms with Crippen molar-refractivity contribution >= 4 is 0 Å². The van der Waals surface area contributed by atoms with Crippen LogP contribution in [0.2, 0.25) is 0 Å². The first kappa shape index (κ1) is 12.5. The van der Waals surface area contributed by atoms with E-state index in [2.05, 4.69) is 37.3 Å². The third-order valence-corrected chi connectivity index (χ3v) is 1.91. The van der Waals surface area contributed by atoms with Gasteiger partial charge in [-0.3, -0.25) is 0 Å². The zero-order valence-electron chi connectivity index (χ0n) is 8.66. The molecular weight excluding hydrogens is 174 g/mol. The molecule has 0 unspecified atom stereocenters. The molecule has 0 atom stereocenters. The summed E-state index contributed by atoms with van der Waals surface area (Å²) in [6, 6.07) is 10.7. The standard InChI is InChI=1S/C11H16.H2N3/c1-2-3-5-8-11-9-6-4-7-10-11;1-3-2/h4,6-7,9-10H,2-3,5,8H2,1H3;1-2H/q;+1. The second-order valence-electron chi connectivity index (χ2n) is 3.05. The topological polar surface area (TPSA) is 61.8 Å². The summed E-state index contributed by atoms with van der Waals surface area (Å²) in [5.74, 6) is 0. The van der Waals surface area contributed by atoms with E-state index < -0.39 is 0 Å². The SMILES string of the molecule is CCCCCc1ccccc1.N=[N+]=N. The summed E-state index contributed by atoms with van der Waals surface area (Å²) in [5.41, 5.74) is 12.5. The molecular formula is C11H18N3+. The van der Waals surface area contributed by atoms with Gasteiger partial charge in [-0.25, -0.2) is 0 Å². The molecule has 0 saturated heterocycles. The Morgan fingerprint density at radius 2 is 1.64 bits per heavy atom. The van der Waals surface area contributed by atoms with E-state index in [1.807, 2.05) is 4.91 Å². The summed E-state index contributed by atoms with van der Waals surface area (Å²) in [7, 11) is 0. The van der Waals surface area contributed by atoms with Crippen LogP contribution < -0.4 is 4.91 Å². The van der Waals surface area contributed by atoms with E-state index >= 15 is 0 Å². The Bertz CT molecular complexity index is 250. The van der Waals surface area contributed by atoms with Crippen molar-refractivity contribution in [1.29, 1.82) is 11.1 Å². The molecule has 0 amide bonds. The zero-order valence-corrected chi connectivity index (χ0v) is 8.66. The molecule has 3 heteroatoms. The minimum Gasteiger partial charge on any atom is -0.0654 e. The highest BCUT2D eigenvalue weighted by molar-refractivity contribution is 5.14. The van der Waals surface area contributed by atoms with Crippen LogP contribution in [-0.2, 0) is 6.42 Å². The average molecular weight is 192 g/mol. The number of nitrogens with one attached hydrogen (secondary N) is 2. The second kappa shape index (κ2) is 9.62.